The lowest BCUT2D eigenvalue weighted by Crippen LogP contribution is -2.28. The van der Waals surface area contributed by atoms with Gasteiger partial charge in [-0.25, -0.2) is 8.42 Å². The minimum atomic E-state index is -2.82. The molecule has 1 amide bonds. The molecule has 0 aromatic heterocycles. The molecule has 0 aromatic carbocycles. The first-order chi connectivity index (χ1) is 6.53. The van der Waals surface area contributed by atoms with Gasteiger partial charge in [0.25, 0.3) is 0 Å². The van der Waals surface area contributed by atoms with Crippen LogP contribution in [0.5, 0.6) is 0 Å². The number of allylic oxidation sites excluding steroid dienone is 1. The van der Waals surface area contributed by atoms with Crippen LogP contribution in [0.1, 0.15) is 13.3 Å². The van der Waals surface area contributed by atoms with Crippen molar-refractivity contribution in [2.45, 2.75) is 13.3 Å². The van der Waals surface area contributed by atoms with Crippen LogP contribution in [-0.2, 0) is 14.6 Å². The van der Waals surface area contributed by atoms with Gasteiger partial charge in [-0.1, -0.05) is 6.08 Å². The Morgan fingerprint density at radius 1 is 1.57 bits per heavy atom. The van der Waals surface area contributed by atoms with Gasteiger partial charge in [0.2, 0.25) is 5.91 Å². The topological polar surface area (TPSA) is 63.2 Å². The van der Waals surface area contributed by atoms with Gasteiger partial charge in [-0.3, -0.25) is 4.79 Å². The van der Waals surface area contributed by atoms with E-state index in [1.807, 2.05) is 0 Å². The monoisotopic (exact) mass is 217 g/mol. The van der Waals surface area contributed by atoms with E-state index >= 15 is 0 Å². The second-order valence-electron chi connectivity index (χ2n) is 3.51. The van der Waals surface area contributed by atoms with Crippen molar-refractivity contribution in [2.24, 2.45) is 5.92 Å². The molecule has 0 radical (unpaired) electrons. The van der Waals surface area contributed by atoms with Gasteiger partial charge >= 0.3 is 0 Å². The van der Waals surface area contributed by atoms with Gasteiger partial charge in [0.15, 0.2) is 9.84 Å². The average Bonchev–Trinajstić information content (AvgIpc) is 2.43. The molecular formula is C9H15NO3S. The first-order valence-corrected chi connectivity index (χ1v) is 6.46. The zero-order chi connectivity index (χ0) is 10.6. The zero-order valence-electron chi connectivity index (χ0n) is 8.19. The lowest BCUT2D eigenvalue weighted by molar-refractivity contribution is -0.116. The fourth-order valence-electron chi connectivity index (χ4n) is 1.49. The van der Waals surface area contributed by atoms with Crippen LogP contribution in [0.4, 0.5) is 0 Å². The Morgan fingerprint density at radius 3 is 2.79 bits per heavy atom. The molecule has 1 heterocycles. The van der Waals surface area contributed by atoms with Crippen molar-refractivity contribution in [3.63, 3.8) is 0 Å². The molecule has 1 aliphatic heterocycles. The number of nitrogens with one attached hydrogen (secondary N) is 1. The van der Waals surface area contributed by atoms with Gasteiger partial charge in [0.1, 0.15) is 0 Å². The number of carbonyl (C=O) groups is 1. The maximum absolute atomic E-state index is 11.1. The molecule has 0 spiro atoms. The molecule has 1 N–H and O–H groups in total. The van der Waals surface area contributed by atoms with Crippen LogP contribution in [0.3, 0.4) is 0 Å². The highest BCUT2D eigenvalue weighted by Gasteiger charge is 2.27. The largest absolute Gasteiger partial charge is 0.352 e. The predicted molar refractivity (Wildman–Crippen MR) is 54.6 cm³/mol. The fraction of sp³-hybridized carbons (Fsp3) is 0.667. The van der Waals surface area contributed by atoms with E-state index in [4.69, 9.17) is 0 Å². The molecule has 1 aliphatic rings. The Hall–Kier alpha value is -0.840. The molecule has 1 atom stereocenters. The lowest BCUT2D eigenvalue weighted by Gasteiger charge is -2.07. The summed E-state index contributed by atoms with van der Waals surface area (Å²) in [5, 5.41) is 2.67. The van der Waals surface area contributed by atoms with E-state index in [1.54, 1.807) is 13.0 Å². The molecule has 5 heteroatoms. The predicted octanol–water partition coefficient (Wildman–Crippen LogP) is 0.113. The van der Waals surface area contributed by atoms with E-state index in [0.717, 1.165) is 0 Å². The molecule has 0 bridgehead atoms. The van der Waals surface area contributed by atoms with Gasteiger partial charge in [0.05, 0.1) is 11.5 Å². The van der Waals surface area contributed by atoms with Crippen molar-refractivity contribution in [2.75, 3.05) is 18.1 Å². The summed E-state index contributed by atoms with van der Waals surface area (Å²) in [4.78, 5) is 11.0. The highest BCUT2D eigenvalue weighted by Crippen LogP contribution is 2.17. The van der Waals surface area contributed by atoms with Crippen molar-refractivity contribution in [1.29, 1.82) is 0 Å². The van der Waals surface area contributed by atoms with E-state index in [2.05, 4.69) is 5.32 Å². The van der Waals surface area contributed by atoms with Crippen molar-refractivity contribution in [3.8, 4) is 0 Å². The van der Waals surface area contributed by atoms with Crippen molar-refractivity contribution in [3.05, 3.63) is 12.2 Å². The summed E-state index contributed by atoms with van der Waals surface area (Å²) in [6.45, 7) is 2.22. The normalized spacial score (nSPS) is 25.4. The molecule has 1 rings (SSSR count). The van der Waals surface area contributed by atoms with Gasteiger partial charge in [0, 0.05) is 6.54 Å². The lowest BCUT2D eigenvalue weighted by atomic mass is 10.1. The summed E-state index contributed by atoms with van der Waals surface area (Å²) < 4.78 is 22.2. The van der Waals surface area contributed by atoms with Gasteiger partial charge < -0.3 is 5.32 Å². The number of amides is 1. The first kappa shape index (κ1) is 11.2. The molecule has 1 fully saturated rings. The number of hydrogen-bond acceptors (Lipinski definition) is 3. The summed E-state index contributed by atoms with van der Waals surface area (Å²) in [6, 6.07) is 0. The third-order valence-electron chi connectivity index (χ3n) is 2.21. The Balaban J connectivity index is 2.31. The van der Waals surface area contributed by atoms with Gasteiger partial charge in [-0.15, -0.1) is 0 Å². The van der Waals surface area contributed by atoms with Crippen LogP contribution < -0.4 is 5.32 Å². The highest BCUT2D eigenvalue weighted by molar-refractivity contribution is 7.91. The van der Waals surface area contributed by atoms with Crippen molar-refractivity contribution < 1.29 is 13.2 Å². The smallest absolute Gasteiger partial charge is 0.243 e. The summed E-state index contributed by atoms with van der Waals surface area (Å²) in [5.74, 6) is 0.409. The third-order valence-corrected chi connectivity index (χ3v) is 4.05. The van der Waals surface area contributed by atoms with Crippen LogP contribution >= 0.6 is 0 Å². The van der Waals surface area contributed by atoms with E-state index in [0.29, 0.717) is 13.0 Å². The van der Waals surface area contributed by atoms with Crippen LogP contribution in [0.25, 0.3) is 0 Å². The molecule has 0 saturated carbocycles. The molecule has 1 unspecified atom stereocenters. The SMILES string of the molecule is CC=CC(=O)NCC1CCS(=O)(=O)C1. The molecule has 14 heavy (non-hydrogen) atoms. The van der Waals surface area contributed by atoms with Gasteiger partial charge in [-0.05, 0) is 25.3 Å². The maximum atomic E-state index is 11.1. The fourth-order valence-corrected chi connectivity index (χ4v) is 3.35. The molecule has 1 saturated heterocycles. The quantitative estimate of drug-likeness (QED) is 0.683. The molecule has 4 nitrogen and oxygen atoms in total. The van der Waals surface area contributed by atoms with E-state index in [-0.39, 0.29) is 23.3 Å². The van der Waals surface area contributed by atoms with Gasteiger partial charge in [-0.2, -0.15) is 0 Å². The standard InChI is InChI=1S/C9H15NO3S/c1-2-3-9(11)10-6-8-4-5-14(12,13)7-8/h2-3,8H,4-7H2,1H3,(H,10,11). The Morgan fingerprint density at radius 2 is 2.29 bits per heavy atom. The van der Waals surface area contributed by atoms with Crippen LogP contribution in [0.15, 0.2) is 12.2 Å². The minimum absolute atomic E-state index is 0.0919. The summed E-state index contributed by atoms with van der Waals surface area (Å²) >= 11 is 0. The molecule has 80 valence electrons. The number of carbonyl (C=O) groups excluding carboxylic acids is 1. The van der Waals surface area contributed by atoms with Crippen LogP contribution in [-0.4, -0.2) is 32.4 Å². The van der Waals surface area contributed by atoms with Crippen LogP contribution in [0.2, 0.25) is 0 Å². The third kappa shape index (κ3) is 3.49. The van der Waals surface area contributed by atoms with Crippen molar-refractivity contribution >= 4 is 15.7 Å². The summed E-state index contributed by atoms with van der Waals surface area (Å²) in [5.41, 5.74) is 0. The van der Waals surface area contributed by atoms with E-state index in [1.165, 1.54) is 6.08 Å². The number of hydrogen-bond donors (Lipinski definition) is 1. The summed E-state index contributed by atoms with van der Waals surface area (Å²) in [7, 11) is -2.82. The Labute approximate surface area is 84.3 Å². The maximum Gasteiger partial charge on any atom is 0.243 e. The zero-order valence-corrected chi connectivity index (χ0v) is 9.01. The second-order valence-corrected chi connectivity index (χ2v) is 5.74. The summed E-state index contributed by atoms with van der Waals surface area (Å²) in [6.07, 6.45) is 3.75. The van der Waals surface area contributed by atoms with E-state index in [9.17, 15) is 13.2 Å². The van der Waals surface area contributed by atoms with Crippen molar-refractivity contribution in [1.82, 2.24) is 5.32 Å². The highest BCUT2D eigenvalue weighted by atomic mass is 32.2. The second kappa shape index (κ2) is 4.59. The Bertz CT molecular complexity index is 332. The first-order valence-electron chi connectivity index (χ1n) is 4.64. The minimum Gasteiger partial charge on any atom is -0.352 e. The molecule has 0 aliphatic carbocycles. The van der Waals surface area contributed by atoms with Crippen LogP contribution in [0, 0.1) is 5.92 Å². The average molecular weight is 217 g/mol. The number of rotatable bonds is 3. The number of sulfone groups is 1. The Kier molecular flexibility index (Phi) is 3.69. The van der Waals surface area contributed by atoms with E-state index < -0.39 is 9.84 Å². The molecule has 0 aromatic rings. The molecular weight excluding hydrogens is 202 g/mol.